The highest BCUT2D eigenvalue weighted by atomic mass is 16.5. The molecule has 0 saturated carbocycles. The van der Waals surface area contributed by atoms with Crippen molar-refractivity contribution < 1.29 is 23.8 Å². The number of hydrogen-bond acceptors (Lipinski definition) is 5. The van der Waals surface area contributed by atoms with Gasteiger partial charge in [-0.25, -0.2) is 0 Å². The molecule has 7 heteroatoms. The minimum Gasteiger partial charge on any atom is -0.503 e. The number of methoxy groups -OCH3 is 1. The van der Waals surface area contributed by atoms with Crippen LogP contribution >= 0.6 is 0 Å². The van der Waals surface area contributed by atoms with Gasteiger partial charge in [-0.15, -0.1) is 0 Å². The molecule has 7 nitrogen and oxygen atoms in total. The highest BCUT2D eigenvalue weighted by Crippen LogP contribution is 2.42. The number of furan rings is 1. The fourth-order valence-corrected chi connectivity index (χ4v) is 4.73. The third-order valence-electron chi connectivity index (χ3n) is 6.42. The molecule has 0 saturated heterocycles. The number of aliphatic hydroxyl groups is 1. The summed E-state index contributed by atoms with van der Waals surface area (Å²) >= 11 is 0. The lowest BCUT2D eigenvalue weighted by Gasteiger charge is -2.26. The SMILES string of the molecule is CCCCCN1C(=O)C(O)=C(C(=O)c2cc3cccc(OC)c3o2)C1c1c[nH]c2ccccc12. The minimum absolute atomic E-state index is 0.0317. The fourth-order valence-electron chi connectivity index (χ4n) is 4.73. The lowest BCUT2D eigenvalue weighted by Crippen LogP contribution is -2.32. The van der Waals surface area contributed by atoms with Gasteiger partial charge < -0.3 is 24.1 Å². The second-order valence-electron chi connectivity index (χ2n) is 8.48. The number of H-pyrrole nitrogens is 1. The van der Waals surface area contributed by atoms with Gasteiger partial charge in [0.1, 0.15) is 0 Å². The van der Waals surface area contributed by atoms with Crippen LogP contribution in [0.3, 0.4) is 0 Å². The first-order valence-corrected chi connectivity index (χ1v) is 11.5. The number of ketones is 1. The number of nitrogens with one attached hydrogen (secondary N) is 1. The molecule has 2 N–H and O–H groups in total. The van der Waals surface area contributed by atoms with Gasteiger partial charge in [0.2, 0.25) is 5.78 Å². The van der Waals surface area contributed by atoms with Crippen molar-refractivity contribution in [3.05, 3.63) is 77.4 Å². The van der Waals surface area contributed by atoms with Crippen molar-refractivity contribution in [1.82, 2.24) is 9.88 Å². The van der Waals surface area contributed by atoms with Crippen LogP contribution in [0.2, 0.25) is 0 Å². The molecule has 0 aliphatic carbocycles. The number of benzene rings is 2. The number of aromatic nitrogens is 1. The van der Waals surface area contributed by atoms with E-state index >= 15 is 0 Å². The highest BCUT2D eigenvalue weighted by molar-refractivity contribution is 6.16. The number of para-hydroxylation sites is 2. The van der Waals surface area contributed by atoms with Gasteiger partial charge in [-0.1, -0.05) is 50.1 Å². The molecule has 0 spiro atoms. The first kappa shape index (κ1) is 21.8. The van der Waals surface area contributed by atoms with Crippen LogP contribution in [0.1, 0.15) is 48.3 Å². The zero-order valence-electron chi connectivity index (χ0n) is 19.1. The maximum atomic E-state index is 13.7. The van der Waals surface area contributed by atoms with E-state index in [4.69, 9.17) is 9.15 Å². The van der Waals surface area contributed by atoms with E-state index < -0.39 is 23.5 Å². The molecule has 1 aliphatic heterocycles. The monoisotopic (exact) mass is 458 g/mol. The van der Waals surface area contributed by atoms with Gasteiger partial charge in [-0.3, -0.25) is 9.59 Å². The Hall–Kier alpha value is -4.00. The highest BCUT2D eigenvalue weighted by Gasteiger charge is 2.45. The number of rotatable bonds is 8. The molecule has 3 heterocycles. The first-order valence-electron chi connectivity index (χ1n) is 11.5. The van der Waals surface area contributed by atoms with Crippen LogP contribution in [-0.4, -0.2) is 40.3 Å². The number of unbranched alkanes of at least 4 members (excludes halogenated alkanes) is 2. The number of aromatic amines is 1. The molecule has 34 heavy (non-hydrogen) atoms. The second kappa shape index (κ2) is 8.74. The average molecular weight is 459 g/mol. The van der Waals surface area contributed by atoms with Crippen LogP contribution in [0, 0.1) is 0 Å². The van der Waals surface area contributed by atoms with Gasteiger partial charge in [-0.2, -0.15) is 0 Å². The molecule has 1 unspecified atom stereocenters. The number of hydrogen-bond donors (Lipinski definition) is 2. The van der Waals surface area contributed by atoms with Crippen LogP contribution in [0.4, 0.5) is 0 Å². The summed E-state index contributed by atoms with van der Waals surface area (Å²) in [6.07, 6.45) is 4.52. The smallest absolute Gasteiger partial charge is 0.290 e. The molecule has 5 rings (SSSR count). The predicted octanol–water partition coefficient (Wildman–Crippen LogP) is 5.69. The standard InChI is InChI=1S/C27H26N2O5/c1-3-4-7-13-29-23(18-15-28-19-11-6-5-10-17(18)19)22(25(31)27(29)32)24(30)21-14-16-9-8-12-20(33-2)26(16)34-21/h5-6,8-12,14-15,23,28,31H,3-4,7,13H2,1-2H3. The van der Waals surface area contributed by atoms with E-state index in [9.17, 15) is 14.7 Å². The Bertz CT molecular complexity index is 1430. The summed E-state index contributed by atoms with van der Waals surface area (Å²) in [5, 5.41) is 12.5. The van der Waals surface area contributed by atoms with Crippen molar-refractivity contribution in [2.75, 3.05) is 13.7 Å². The Balaban J connectivity index is 1.62. The van der Waals surface area contributed by atoms with Gasteiger partial charge >= 0.3 is 0 Å². The number of carbonyl (C=O) groups excluding carboxylic acids is 2. The molecule has 4 aromatic rings. The third-order valence-corrected chi connectivity index (χ3v) is 6.42. The van der Waals surface area contributed by atoms with E-state index in [1.54, 1.807) is 17.0 Å². The van der Waals surface area contributed by atoms with E-state index in [-0.39, 0.29) is 11.3 Å². The van der Waals surface area contributed by atoms with Gasteiger partial charge in [0.05, 0.1) is 18.7 Å². The number of amides is 1. The van der Waals surface area contributed by atoms with Crippen LogP contribution < -0.4 is 4.74 Å². The minimum atomic E-state index is -0.719. The topological polar surface area (TPSA) is 95.8 Å². The zero-order chi connectivity index (χ0) is 23.8. The molecule has 0 radical (unpaired) electrons. The first-order chi connectivity index (χ1) is 16.5. The van der Waals surface area contributed by atoms with E-state index in [2.05, 4.69) is 11.9 Å². The number of aliphatic hydroxyl groups excluding tert-OH is 1. The molecule has 1 aliphatic rings. The Kier molecular flexibility index (Phi) is 5.61. The van der Waals surface area contributed by atoms with E-state index in [1.165, 1.54) is 7.11 Å². The predicted molar refractivity (Wildman–Crippen MR) is 129 cm³/mol. The lowest BCUT2D eigenvalue weighted by atomic mass is 9.94. The van der Waals surface area contributed by atoms with E-state index in [0.29, 0.717) is 23.3 Å². The summed E-state index contributed by atoms with van der Waals surface area (Å²) in [4.78, 5) is 31.7. The Morgan fingerprint density at radius 3 is 2.79 bits per heavy atom. The van der Waals surface area contributed by atoms with Gasteiger partial charge in [0, 0.05) is 34.6 Å². The third kappa shape index (κ3) is 3.44. The maximum absolute atomic E-state index is 13.7. The largest absolute Gasteiger partial charge is 0.503 e. The van der Waals surface area contributed by atoms with Gasteiger partial charge in [0.15, 0.2) is 22.9 Å². The number of carbonyl (C=O) groups is 2. The number of Topliss-reactive ketones (excluding diaryl/α,β-unsaturated/α-hetero) is 1. The molecule has 1 amide bonds. The Morgan fingerprint density at radius 2 is 2.00 bits per heavy atom. The normalized spacial score (nSPS) is 16.2. The number of fused-ring (bicyclic) bond motifs is 2. The molecule has 0 bridgehead atoms. The van der Waals surface area contributed by atoms with E-state index in [1.807, 2.05) is 42.6 Å². The molecule has 1 atom stereocenters. The molecule has 2 aromatic heterocycles. The summed E-state index contributed by atoms with van der Waals surface area (Å²) in [5.41, 5.74) is 2.14. The Labute approximate surface area is 196 Å². The maximum Gasteiger partial charge on any atom is 0.290 e. The van der Waals surface area contributed by atoms with Crippen LogP contribution in [0.15, 0.2) is 70.5 Å². The number of ether oxygens (including phenoxy) is 1. The van der Waals surface area contributed by atoms with Crippen LogP contribution in [-0.2, 0) is 4.79 Å². The van der Waals surface area contributed by atoms with Crippen LogP contribution in [0.25, 0.3) is 21.9 Å². The lowest BCUT2D eigenvalue weighted by molar-refractivity contribution is -0.129. The van der Waals surface area contributed by atoms with Gasteiger partial charge in [0.25, 0.3) is 5.91 Å². The molecular formula is C27H26N2O5. The Morgan fingerprint density at radius 1 is 1.18 bits per heavy atom. The summed E-state index contributed by atoms with van der Waals surface area (Å²) in [6.45, 7) is 2.52. The van der Waals surface area contributed by atoms with Gasteiger partial charge in [-0.05, 0) is 24.6 Å². The average Bonchev–Trinajstić information content (AvgIpc) is 3.54. The zero-order valence-corrected chi connectivity index (χ0v) is 19.1. The van der Waals surface area contributed by atoms with Crippen molar-refractivity contribution >= 4 is 33.6 Å². The fraction of sp³-hybridized carbons (Fsp3) is 0.259. The molecule has 0 fully saturated rings. The quantitative estimate of drug-likeness (QED) is 0.261. The molecular weight excluding hydrogens is 432 g/mol. The van der Waals surface area contributed by atoms with Crippen molar-refractivity contribution in [2.45, 2.75) is 32.2 Å². The van der Waals surface area contributed by atoms with E-state index in [0.717, 1.165) is 35.7 Å². The molecule has 2 aromatic carbocycles. The summed E-state index contributed by atoms with van der Waals surface area (Å²) < 4.78 is 11.2. The van der Waals surface area contributed by atoms with Crippen molar-refractivity contribution in [1.29, 1.82) is 0 Å². The second-order valence-corrected chi connectivity index (χ2v) is 8.48. The molecule has 174 valence electrons. The summed E-state index contributed by atoms with van der Waals surface area (Å²) in [5.74, 6) is -1.02. The van der Waals surface area contributed by atoms with Crippen molar-refractivity contribution in [3.63, 3.8) is 0 Å². The summed E-state index contributed by atoms with van der Waals surface area (Å²) in [6, 6.07) is 14.0. The van der Waals surface area contributed by atoms with Crippen molar-refractivity contribution in [2.24, 2.45) is 0 Å². The number of nitrogens with zero attached hydrogens (tertiary/aromatic N) is 1. The van der Waals surface area contributed by atoms with Crippen LogP contribution in [0.5, 0.6) is 5.75 Å². The van der Waals surface area contributed by atoms with Crippen molar-refractivity contribution in [3.8, 4) is 5.75 Å². The summed E-state index contributed by atoms with van der Waals surface area (Å²) in [7, 11) is 1.53.